The van der Waals surface area contributed by atoms with Gasteiger partial charge in [-0.05, 0) is 24.1 Å². The summed E-state index contributed by atoms with van der Waals surface area (Å²) in [5.74, 6) is 0.266. The van der Waals surface area contributed by atoms with Crippen molar-refractivity contribution in [1.29, 1.82) is 0 Å². The first-order valence-electron chi connectivity index (χ1n) is 5.46. The Balaban J connectivity index is 1.95. The molecular weight excluding hydrogens is 212 g/mol. The van der Waals surface area contributed by atoms with Crippen LogP contribution in [0.4, 0.5) is 0 Å². The summed E-state index contributed by atoms with van der Waals surface area (Å²) in [6, 6.07) is 16.0. The summed E-state index contributed by atoms with van der Waals surface area (Å²) >= 11 is 0. The lowest BCUT2D eigenvalue weighted by atomic mass is 10.0. The molecule has 2 heteroatoms. The molecule has 2 nitrogen and oxygen atoms in total. The number of hydrogen-bond acceptors (Lipinski definition) is 2. The molecule has 0 aliphatic rings. The molecule has 0 spiro atoms. The lowest BCUT2D eigenvalue weighted by Crippen LogP contribution is -2.01. The predicted octanol–water partition coefficient (Wildman–Crippen LogP) is 3.02. The Bertz CT molecular complexity index is 486. The van der Waals surface area contributed by atoms with Crippen molar-refractivity contribution in [3.05, 3.63) is 72.1 Å². The Morgan fingerprint density at radius 3 is 2.29 bits per heavy atom. The van der Waals surface area contributed by atoms with E-state index in [1.54, 1.807) is 30.7 Å². The van der Waals surface area contributed by atoms with Gasteiger partial charge in [-0.25, -0.2) is 0 Å². The molecule has 1 N–H and O–H groups in total. The highest BCUT2D eigenvalue weighted by Gasteiger charge is 2.05. The molecule has 0 aliphatic carbocycles. The van der Waals surface area contributed by atoms with Crippen LogP contribution in [0.15, 0.2) is 54.6 Å². The molecule has 17 heavy (non-hydrogen) atoms. The molecule has 0 saturated carbocycles. The predicted molar refractivity (Wildman–Crippen MR) is 66.9 cm³/mol. The number of phenols is 1. The van der Waals surface area contributed by atoms with Gasteiger partial charge in [0.25, 0.3) is 0 Å². The van der Waals surface area contributed by atoms with Gasteiger partial charge in [0.05, 0.1) is 0 Å². The summed E-state index contributed by atoms with van der Waals surface area (Å²) in [5.41, 5.74) is 1.71. The fraction of sp³-hybridized carbons (Fsp3) is 0.0667. The van der Waals surface area contributed by atoms with E-state index in [4.69, 9.17) is 5.11 Å². The van der Waals surface area contributed by atoms with E-state index in [0.717, 1.165) is 5.56 Å². The molecule has 1 radical (unpaired) electrons. The van der Waals surface area contributed by atoms with Crippen LogP contribution in [0, 0.1) is 6.42 Å². The van der Waals surface area contributed by atoms with Crippen molar-refractivity contribution in [3.63, 3.8) is 0 Å². The third kappa shape index (κ3) is 3.18. The molecule has 85 valence electrons. The van der Waals surface area contributed by atoms with E-state index < -0.39 is 0 Å². The second-order valence-corrected chi connectivity index (χ2v) is 3.80. The Kier molecular flexibility index (Phi) is 3.55. The monoisotopic (exact) mass is 225 g/mol. The van der Waals surface area contributed by atoms with Crippen LogP contribution in [0.3, 0.4) is 0 Å². The second kappa shape index (κ2) is 5.30. The van der Waals surface area contributed by atoms with Gasteiger partial charge in [-0.2, -0.15) is 0 Å². The summed E-state index contributed by atoms with van der Waals surface area (Å²) in [4.78, 5) is 11.8. The first-order chi connectivity index (χ1) is 8.25. The van der Waals surface area contributed by atoms with Crippen LogP contribution >= 0.6 is 0 Å². The SMILES string of the molecule is O=C([CH]Cc1ccc(O)cc1)c1ccccc1. The molecule has 0 saturated heterocycles. The fourth-order valence-corrected chi connectivity index (χ4v) is 1.56. The zero-order valence-corrected chi connectivity index (χ0v) is 9.34. The number of benzene rings is 2. The maximum absolute atomic E-state index is 11.8. The zero-order chi connectivity index (χ0) is 12.1. The minimum Gasteiger partial charge on any atom is -0.508 e. The molecular formula is C15H13O2. The highest BCUT2D eigenvalue weighted by atomic mass is 16.3. The highest BCUT2D eigenvalue weighted by molar-refractivity contribution is 6.02. The van der Waals surface area contributed by atoms with Crippen LogP contribution in [0.25, 0.3) is 0 Å². The molecule has 0 fully saturated rings. The summed E-state index contributed by atoms with van der Waals surface area (Å²) in [6.45, 7) is 0. The van der Waals surface area contributed by atoms with Gasteiger partial charge in [0.2, 0.25) is 0 Å². The Hall–Kier alpha value is -2.09. The molecule has 0 atom stereocenters. The minimum absolute atomic E-state index is 0.0266. The maximum Gasteiger partial charge on any atom is 0.167 e. The molecule has 0 unspecified atom stereocenters. The topological polar surface area (TPSA) is 37.3 Å². The van der Waals surface area contributed by atoms with Crippen molar-refractivity contribution >= 4 is 5.78 Å². The number of carbonyl (C=O) groups excluding carboxylic acids is 1. The number of phenolic OH excluding ortho intramolecular Hbond substituents is 1. The van der Waals surface area contributed by atoms with Gasteiger partial charge in [0, 0.05) is 12.0 Å². The third-order valence-corrected chi connectivity index (χ3v) is 2.52. The van der Waals surface area contributed by atoms with Gasteiger partial charge in [0.15, 0.2) is 5.78 Å². The average Bonchev–Trinajstić information content (AvgIpc) is 2.39. The van der Waals surface area contributed by atoms with Crippen molar-refractivity contribution < 1.29 is 9.90 Å². The zero-order valence-electron chi connectivity index (χ0n) is 9.34. The Morgan fingerprint density at radius 1 is 1.00 bits per heavy atom. The fourth-order valence-electron chi connectivity index (χ4n) is 1.56. The third-order valence-electron chi connectivity index (χ3n) is 2.52. The summed E-state index contributed by atoms with van der Waals surface area (Å²) in [7, 11) is 0. The van der Waals surface area contributed by atoms with Crippen LogP contribution in [-0.2, 0) is 6.42 Å². The summed E-state index contributed by atoms with van der Waals surface area (Å²) < 4.78 is 0. The molecule has 2 aromatic carbocycles. The minimum atomic E-state index is 0.0266. The molecule has 0 aliphatic heterocycles. The van der Waals surface area contributed by atoms with Gasteiger partial charge in [-0.15, -0.1) is 0 Å². The number of hydrogen-bond donors (Lipinski definition) is 1. The van der Waals surface area contributed by atoms with Crippen molar-refractivity contribution in [3.8, 4) is 5.75 Å². The number of aromatic hydroxyl groups is 1. The van der Waals surface area contributed by atoms with E-state index in [9.17, 15) is 4.79 Å². The quantitative estimate of drug-likeness (QED) is 0.812. The lowest BCUT2D eigenvalue weighted by Gasteiger charge is -2.01. The number of rotatable bonds is 4. The van der Waals surface area contributed by atoms with Gasteiger partial charge in [0.1, 0.15) is 5.75 Å². The normalized spacial score (nSPS) is 10.1. The van der Waals surface area contributed by atoms with Crippen LogP contribution in [0.1, 0.15) is 15.9 Å². The molecule has 0 bridgehead atoms. The van der Waals surface area contributed by atoms with E-state index in [1.165, 1.54) is 0 Å². The van der Waals surface area contributed by atoms with E-state index in [1.807, 2.05) is 30.3 Å². The Morgan fingerprint density at radius 2 is 1.65 bits per heavy atom. The molecule has 0 heterocycles. The standard InChI is InChI=1S/C15H13O2/c16-14-9-6-12(7-10-14)8-11-15(17)13-4-2-1-3-5-13/h1-7,9-11,16H,8H2. The van der Waals surface area contributed by atoms with Crippen molar-refractivity contribution in [2.75, 3.05) is 0 Å². The first kappa shape index (κ1) is 11.4. The highest BCUT2D eigenvalue weighted by Crippen LogP contribution is 2.12. The summed E-state index contributed by atoms with van der Waals surface area (Å²) in [6.07, 6.45) is 2.23. The van der Waals surface area contributed by atoms with Crippen molar-refractivity contribution in [1.82, 2.24) is 0 Å². The van der Waals surface area contributed by atoms with E-state index in [2.05, 4.69) is 0 Å². The Labute approximate surface area is 101 Å². The number of Topliss-reactive ketones (excluding diaryl/α,β-unsaturated/α-hetero) is 1. The number of carbonyl (C=O) groups is 1. The van der Waals surface area contributed by atoms with Crippen LogP contribution in [-0.4, -0.2) is 10.9 Å². The second-order valence-electron chi connectivity index (χ2n) is 3.80. The summed E-state index contributed by atoms with van der Waals surface area (Å²) in [5, 5.41) is 9.13. The van der Waals surface area contributed by atoms with Gasteiger partial charge < -0.3 is 5.11 Å². The van der Waals surface area contributed by atoms with E-state index in [0.29, 0.717) is 12.0 Å². The van der Waals surface area contributed by atoms with Gasteiger partial charge in [-0.3, -0.25) is 4.79 Å². The lowest BCUT2D eigenvalue weighted by molar-refractivity contribution is 0.102. The largest absolute Gasteiger partial charge is 0.508 e. The van der Waals surface area contributed by atoms with Gasteiger partial charge >= 0.3 is 0 Å². The van der Waals surface area contributed by atoms with Crippen LogP contribution in [0.5, 0.6) is 5.75 Å². The van der Waals surface area contributed by atoms with Crippen molar-refractivity contribution in [2.45, 2.75) is 6.42 Å². The van der Waals surface area contributed by atoms with Crippen molar-refractivity contribution in [2.24, 2.45) is 0 Å². The molecule has 0 aromatic heterocycles. The smallest absolute Gasteiger partial charge is 0.167 e. The molecule has 2 aromatic rings. The van der Waals surface area contributed by atoms with Gasteiger partial charge in [-0.1, -0.05) is 42.5 Å². The first-order valence-corrected chi connectivity index (χ1v) is 5.46. The molecule has 0 amide bonds. The van der Waals surface area contributed by atoms with E-state index in [-0.39, 0.29) is 11.5 Å². The average molecular weight is 225 g/mol. The molecule has 2 rings (SSSR count). The maximum atomic E-state index is 11.8. The number of ketones is 1. The van der Waals surface area contributed by atoms with Crippen LogP contribution in [0.2, 0.25) is 0 Å². The van der Waals surface area contributed by atoms with Crippen LogP contribution < -0.4 is 0 Å². The van der Waals surface area contributed by atoms with E-state index >= 15 is 0 Å².